The summed E-state index contributed by atoms with van der Waals surface area (Å²) in [5, 5.41) is 11.3. The molecule has 2 heterocycles. The molecule has 0 amide bonds. The zero-order valence-electron chi connectivity index (χ0n) is 17.5. The van der Waals surface area contributed by atoms with Crippen molar-refractivity contribution in [3.05, 3.63) is 41.5 Å². The number of para-hydroxylation sites is 1. The number of rotatable bonds is 7. The molecule has 2 N–H and O–H groups in total. The smallest absolute Gasteiger partial charge is 0.191 e. The number of hydrogen-bond donors (Lipinski definition) is 2. The summed E-state index contributed by atoms with van der Waals surface area (Å²) in [6, 6.07) is 8.30. The van der Waals surface area contributed by atoms with Gasteiger partial charge in [-0.3, -0.25) is 4.99 Å². The summed E-state index contributed by atoms with van der Waals surface area (Å²) in [6.45, 7) is 5.97. The molecule has 0 aliphatic carbocycles. The number of nitrogens with zero attached hydrogens (tertiary/aromatic N) is 4. The lowest BCUT2D eigenvalue weighted by atomic mass is 10.1. The summed E-state index contributed by atoms with van der Waals surface area (Å²) in [6.07, 6.45) is 1.89. The highest BCUT2D eigenvalue weighted by molar-refractivity contribution is 14.0. The van der Waals surface area contributed by atoms with Gasteiger partial charge in [-0.1, -0.05) is 18.2 Å². The molecule has 0 fully saturated rings. The molecular formula is C20H31IN6O2. The normalized spacial score (nSPS) is 17.1. The quantitative estimate of drug-likeness (QED) is 0.335. The standard InChI is InChI=1S/C20H30N6O2.HI/c1-14-7-5-6-8-17(14)28-15(2)11-22-20(21-3)23-16-9-10-19-24-18(13-27-4)25-26(19)12-16;/h5-8,15-16H,9-13H2,1-4H3,(H2,21,22,23);1H. The Kier molecular flexibility index (Phi) is 9.15. The molecule has 160 valence electrons. The molecule has 2 aromatic rings. The zero-order chi connectivity index (χ0) is 19.9. The van der Waals surface area contributed by atoms with E-state index in [-0.39, 0.29) is 36.1 Å². The van der Waals surface area contributed by atoms with E-state index in [4.69, 9.17) is 9.47 Å². The van der Waals surface area contributed by atoms with Crippen LogP contribution in [-0.2, 0) is 24.3 Å². The van der Waals surface area contributed by atoms with Crippen molar-refractivity contribution in [2.24, 2.45) is 4.99 Å². The second-order valence-corrected chi connectivity index (χ2v) is 7.09. The minimum absolute atomic E-state index is 0. The number of hydrogen-bond acceptors (Lipinski definition) is 5. The fourth-order valence-corrected chi connectivity index (χ4v) is 3.24. The zero-order valence-corrected chi connectivity index (χ0v) is 19.8. The summed E-state index contributed by atoms with van der Waals surface area (Å²) < 4.78 is 13.1. The van der Waals surface area contributed by atoms with Crippen molar-refractivity contribution in [2.75, 3.05) is 20.7 Å². The molecule has 0 bridgehead atoms. The summed E-state index contributed by atoms with van der Waals surface area (Å²) in [4.78, 5) is 8.86. The molecule has 3 rings (SSSR count). The van der Waals surface area contributed by atoms with Gasteiger partial charge in [0.05, 0.1) is 13.1 Å². The molecule has 1 aliphatic heterocycles. The molecule has 0 spiro atoms. The molecule has 1 aromatic heterocycles. The van der Waals surface area contributed by atoms with E-state index in [1.165, 1.54) is 0 Å². The van der Waals surface area contributed by atoms with Gasteiger partial charge >= 0.3 is 0 Å². The lowest BCUT2D eigenvalue weighted by Crippen LogP contribution is -2.48. The number of methoxy groups -OCH3 is 1. The van der Waals surface area contributed by atoms with Gasteiger partial charge in [-0.25, -0.2) is 9.67 Å². The number of nitrogens with one attached hydrogen (secondary N) is 2. The van der Waals surface area contributed by atoms with E-state index < -0.39 is 0 Å². The predicted molar refractivity (Wildman–Crippen MR) is 124 cm³/mol. The molecule has 29 heavy (non-hydrogen) atoms. The number of fused-ring (bicyclic) bond motifs is 1. The number of benzene rings is 1. The van der Waals surface area contributed by atoms with Gasteiger partial charge < -0.3 is 20.1 Å². The fourth-order valence-electron chi connectivity index (χ4n) is 3.24. The van der Waals surface area contributed by atoms with Crippen molar-refractivity contribution < 1.29 is 9.47 Å². The average molecular weight is 514 g/mol. The van der Waals surface area contributed by atoms with Crippen LogP contribution in [0.1, 0.15) is 30.6 Å². The Balaban J connectivity index is 0.00000300. The molecule has 2 atom stereocenters. The van der Waals surface area contributed by atoms with E-state index in [0.29, 0.717) is 13.2 Å². The second-order valence-electron chi connectivity index (χ2n) is 7.09. The molecule has 9 heteroatoms. The number of ether oxygens (including phenoxy) is 2. The van der Waals surface area contributed by atoms with E-state index in [1.807, 2.05) is 29.8 Å². The SMILES string of the molecule is CN=C(NCC(C)Oc1ccccc1C)NC1CCc2nc(COC)nn2C1.I. The van der Waals surface area contributed by atoms with Gasteiger partial charge in [-0.15, -0.1) is 24.0 Å². The van der Waals surface area contributed by atoms with Crippen LogP contribution in [0.2, 0.25) is 0 Å². The molecular weight excluding hydrogens is 483 g/mol. The fraction of sp³-hybridized carbons (Fsp3) is 0.550. The third-order valence-corrected chi connectivity index (χ3v) is 4.72. The van der Waals surface area contributed by atoms with Gasteiger partial charge in [0.1, 0.15) is 24.3 Å². The van der Waals surface area contributed by atoms with Crippen molar-refractivity contribution in [1.29, 1.82) is 0 Å². The number of guanidine groups is 1. The topological polar surface area (TPSA) is 85.6 Å². The number of halogens is 1. The Morgan fingerprint density at radius 1 is 1.38 bits per heavy atom. The first kappa shape index (κ1) is 23.4. The highest BCUT2D eigenvalue weighted by Gasteiger charge is 2.22. The van der Waals surface area contributed by atoms with E-state index in [1.54, 1.807) is 14.2 Å². The van der Waals surface area contributed by atoms with Crippen molar-refractivity contribution in [3.63, 3.8) is 0 Å². The minimum Gasteiger partial charge on any atom is -0.489 e. The molecule has 2 unspecified atom stereocenters. The average Bonchev–Trinajstić information content (AvgIpc) is 3.09. The maximum absolute atomic E-state index is 6.02. The number of aryl methyl sites for hydroxylation is 2. The van der Waals surface area contributed by atoms with Crippen LogP contribution in [0, 0.1) is 6.92 Å². The van der Waals surface area contributed by atoms with Crippen LogP contribution in [0.4, 0.5) is 0 Å². The molecule has 0 saturated carbocycles. The first-order chi connectivity index (χ1) is 13.6. The molecule has 0 saturated heterocycles. The minimum atomic E-state index is 0. The highest BCUT2D eigenvalue weighted by Crippen LogP contribution is 2.17. The monoisotopic (exact) mass is 514 g/mol. The second kappa shape index (κ2) is 11.3. The Bertz CT molecular complexity index is 810. The highest BCUT2D eigenvalue weighted by atomic mass is 127. The van der Waals surface area contributed by atoms with Crippen LogP contribution < -0.4 is 15.4 Å². The lowest BCUT2D eigenvalue weighted by Gasteiger charge is -2.26. The van der Waals surface area contributed by atoms with E-state index in [2.05, 4.69) is 38.7 Å². The van der Waals surface area contributed by atoms with Crippen molar-refractivity contribution >= 4 is 29.9 Å². The first-order valence-electron chi connectivity index (χ1n) is 9.70. The Hall–Kier alpha value is -1.88. The van der Waals surface area contributed by atoms with Crippen LogP contribution >= 0.6 is 24.0 Å². The summed E-state index contributed by atoms with van der Waals surface area (Å²) in [5.74, 6) is 3.44. The Morgan fingerprint density at radius 2 is 2.17 bits per heavy atom. The molecule has 8 nitrogen and oxygen atoms in total. The van der Waals surface area contributed by atoms with Gasteiger partial charge in [0.15, 0.2) is 11.8 Å². The van der Waals surface area contributed by atoms with Gasteiger partial charge in [-0.05, 0) is 31.9 Å². The predicted octanol–water partition coefficient (Wildman–Crippen LogP) is 2.30. The van der Waals surface area contributed by atoms with E-state index in [0.717, 1.165) is 48.3 Å². The summed E-state index contributed by atoms with van der Waals surface area (Å²) in [5.41, 5.74) is 1.13. The van der Waals surface area contributed by atoms with Gasteiger partial charge in [-0.2, -0.15) is 5.10 Å². The van der Waals surface area contributed by atoms with E-state index >= 15 is 0 Å². The molecule has 1 aromatic carbocycles. The van der Waals surface area contributed by atoms with Crippen LogP contribution in [0.15, 0.2) is 29.3 Å². The van der Waals surface area contributed by atoms with Gasteiger partial charge in [0.2, 0.25) is 0 Å². The number of aliphatic imine (C=N–C) groups is 1. The van der Waals surface area contributed by atoms with Crippen LogP contribution in [-0.4, -0.2) is 53.6 Å². The van der Waals surface area contributed by atoms with Crippen LogP contribution in [0.5, 0.6) is 5.75 Å². The summed E-state index contributed by atoms with van der Waals surface area (Å²) >= 11 is 0. The maximum Gasteiger partial charge on any atom is 0.191 e. The first-order valence-corrected chi connectivity index (χ1v) is 9.70. The van der Waals surface area contributed by atoms with Crippen molar-refractivity contribution in [3.8, 4) is 5.75 Å². The molecule has 0 radical (unpaired) electrons. The van der Waals surface area contributed by atoms with E-state index in [9.17, 15) is 0 Å². The molecule has 1 aliphatic rings. The maximum atomic E-state index is 6.02. The van der Waals surface area contributed by atoms with Gasteiger partial charge in [0, 0.05) is 26.6 Å². The third-order valence-electron chi connectivity index (χ3n) is 4.72. The Morgan fingerprint density at radius 3 is 2.90 bits per heavy atom. The van der Waals surface area contributed by atoms with Crippen LogP contribution in [0.3, 0.4) is 0 Å². The largest absolute Gasteiger partial charge is 0.489 e. The summed E-state index contributed by atoms with van der Waals surface area (Å²) in [7, 11) is 3.44. The van der Waals surface area contributed by atoms with Crippen molar-refractivity contribution in [2.45, 2.75) is 52.0 Å². The lowest BCUT2D eigenvalue weighted by molar-refractivity contribution is 0.177. The van der Waals surface area contributed by atoms with Gasteiger partial charge in [0.25, 0.3) is 0 Å². The van der Waals surface area contributed by atoms with Crippen molar-refractivity contribution in [1.82, 2.24) is 25.4 Å². The third kappa shape index (κ3) is 6.56. The Labute approximate surface area is 189 Å². The number of aromatic nitrogens is 3. The van der Waals surface area contributed by atoms with Crippen LogP contribution in [0.25, 0.3) is 0 Å².